The summed E-state index contributed by atoms with van der Waals surface area (Å²) in [7, 11) is 3.15. The molecule has 32 heavy (non-hydrogen) atoms. The molecule has 2 aliphatic heterocycles. The lowest BCUT2D eigenvalue weighted by Gasteiger charge is -2.29. The lowest BCUT2D eigenvalue weighted by atomic mass is 10.0. The van der Waals surface area contributed by atoms with Crippen LogP contribution in [-0.4, -0.2) is 31.6 Å². The van der Waals surface area contributed by atoms with E-state index < -0.39 is 0 Å². The van der Waals surface area contributed by atoms with Crippen LogP contribution < -0.4 is 18.9 Å². The summed E-state index contributed by atoms with van der Waals surface area (Å²) in [5.74, 6) is 2.55. The molecule has 0 N–H and O–H groups in total. The number of Topliss-reactive ketones (excluding diaryl/α,β-unsaturated/α-hetero) is 1. The van der Waals surface area contributed by atoms with Gasteiger partial charge in [0.1, 0.15) is 18.2 Å². The zero-order chi connectivity index (χ0) is 22.1. The number of allylic oxidation sites excluding steroid dienone is 1. The standard InChI is InChI=1S/C26H23NO5/c1-29-22-10-6-9-18(25(22)30-2)13-23-24(28)19-11-12-21-20(26(19)32-23)15-27(16-31-21)14-17-7-4-3-5-8-17/h3-13H,14-16H2,1-2H3/b23-13-. The number of nitrogens with zero attached hydrogens (tertiary/aromatic N) is 1. The number of carbonyl (C=O) groups excluding carboxylic acids is 1. The highest BCUT2D eigenvalue weighted by molar-refractivity contribution is 6.15. The van der Waals surface area contributed by atoms with E-state index in [1.165, 1.54) is 5.56 Å². The Morgan fingerprint density at radius 1 is 1.00 bits per heavy atom. The van der Waals surface area contributed by atoms with Crippen LogP contribution in [0, 0.1) is 0 Å². The summed E-state index contributed by atoms with van der Waals surface area (Å²) in [5.41, 5.74) is 3.34. The fourth-order valence-corrected chi connectivity index (χ4v) is 4.11. The van der Waals surface area contributed by atoms with Gasteiger partial charge >= 0.3 is 0 Å². The monoisotopic (exact) mass is 429 g/mol. The van der Waals surface area contributed by atoms with Gasteiger partial charge in [0, 0.05) is 18.7 Å². The largest absolute Gasteiger partial charge is 0.493 e. The second-order valence-corrected chi connectivity index (χ2v) is 7.69. The number of fused-ring (bicyclic) bond motifs is 3. The summed E-state index contributed by atoms with van der Waals surface area (Å²) in [6, 6.07) is 19.4. The highest BCUT2D eigenvalue weighted by Crippen LogP contribution is 2.43. The number of hydrogen-bond donors (Lipinski definition) is 0. The molecule has 3 aromatic rings. The Morgan fingerprint density at radius 3 is 2.62 bits per heavy atom. The third kappa shape index (κ3) is 3.59. The SMILES string of the molecule is COc1cccc(/C=C2\Oc3c(ccc4c3CN(Cc3ccccc3)CO4)C2=O)c1OC. The van der Waals surface area contributed by atoms with E-state index in [1.807, 2.05) is 42.5 Å². The first kappa shape index (κ1) is 20.2. The van der Waals surface area contributed by atoms with Crippen LogP contribution in [0.3, 0.4) is 0 Å². The van der Waals surface area contributed by atoms with Crippen molar-refractivity contribution in [3.8, 4) is 23.0 Å². The van der Waals surface area contributed by atoms with E-state index in [4.69, 9.17) is 18.9 Å². The van der Waals surface area contributed by atoms with Crippen molar-refractivity contribution >= 4 is 11.9 Å². The van der Waals surface area contributed by atoms with Crippen molar-refractivity contribution in [2.45, 2.75) is 13.1 Å². The van der Waals surface area contributed by atoms with Crippen molar-refractivity contribution in [2.75, 3.05) is 21.0 Å². The average Bonchev–Trinajstić information content (AvgIpc) is 3.15. The minimum Gasteiger partial charge on any atom is -0.493 e. The summed E-state index contributed by atoms with van der Waals surface area (Å²) in [6.07, 6.45) is 1.70. The van der Waals surface area contributed by atoms with Gasteiger partial charge in [-0.1, -0.05) is 42.5 Å². The van der Waals surface area contributed by atoms with Gasteiger partial charge in [-0.3, -0.25) is 9.69 Å². The van der Waals surface area contributed by atoms with Gasteiger partial charge in [0.15, 0.2) is 17.3 Å². The Morgan fingerprint density at radius 2 is 1.84 bits per heavy atom. The minimum atomic E-state index is -0.159. The molecule has 6 heteroatoms. The first-order valence-electron chi connectivity index (χ1n) is 10.4. The zero-order valence-electron chi connectivity index (χ0n) is 18.0. The van der Waals surface area contributed by atoms with Crippen LogP contribution in [-0.2, 0) is 13.1 Å². The van der Waals surface area contributed by atoms with Crippen molar-refractivity contribution in [2.24, 2.45) is 0 Å². The summed E-state index contributed by atoms with van der Waals surface area (Å²) in [4.78, 5) is 15.3. The van der Waals surface area contributed by atoms with E-state index in [1.54, 1.807) is 26.4 Å². The van der Waals surface area contributed by atoms with Gasteiger partial charge in [0.2, 0.25) is 5.78 Å². The van der Waals surface area contributed by atoms with Crippen LogP contribution >= 0.6 is 0 Å². The molecule has 3 aromatic carbocycles. The molecule has 162 valence electrons. The average molecular weight is 429 g/mol. The van der Waals surface area contributed by atoms with Crippen LogP contribution in [0.5, 0.6) is 23.0 Å². The Hall–Kier alpha value is -3.77. The fourth-order valence-electron chi connectivity index (χ4n) is 4.11. The van der Waals surface area contributed by atoms with E-state index in [0.717, 1.165) is 17.9 Å². The van der Waals surface area contributed by atoms with E-state index in [2.05, 4.69) is 17.0 Å². The number of benzene rings is 3. The van der Waals surface area contributed by atoms with Gasteiger partial charge in [-0.05, 0) is 29.8 Å². The van der Waals surface area contributed by atoms with Gasteiger partial charge in [-0.2, -0.15) is 0 Å². The van der Waals surface area contributed by atoms with Crippen LogP contribution in [0.25, 0.3) is 6.08 Å². The molecule has 6 nitrogen and oxygen atoms in total. The molecule has 0 aliphatic carbocycles. The normalized spacial score (nSPS) is 16.2. The number of para-hydroxylation sites is 1. The lowest BCUT2D eigenvalue weighted by Crippen LogP contribution is -2.31. The Bertz CT molecular complexity index is 1200. The van der Waals surface area contributed by atoms with Crippen molar-refractivity contribution < 1.29 is 23.7 Å². The second-order valence-electron chi connectivity index (χ2n) is 7.69. The quantitative estimate of drug-likeness (QED) is 0.550. The molecule has 0 saturated heterocycles. The highest BCUT2D eigenvalue weighted by atomic mass is 16.5. The Kier molecular flexibility index (Phi) is 5.29. The maximum absolute atomic E-state index is 13.1. The van der Waals surface area contributed by atoms with Crippen molar-refractivity contribution in [3.63, 3.8) is 0 Å². The second kappa shape index (κ2) is 8.40. The predicted molar refractivity (Wildman–Crippen MR) is 120 cm³/mol. The molecule has 0 amide bonds. The number of hydrogen-bond acceptors (Lipinski definition) is 6. The first-order valence-corrected chi connectivity index (χ1v) is 10.4. The summed E-state index contributed by atoms with van der Waals surface area (Å²) in [5, 5.41) is 0. The van der Waals surface area contributed by atoms with E-state index in [9.17, 15) is 4.79 Å². The molecular weight excluding hydrogens is 406 g/mol. The van der Waals surface area contributed by atoms with Crippen LogP contribution in [0.1, 0.15) is 27.0 Å². The topological polar surface area (TPSA) is 57.2 Å². The third-order valence-corrected chi connectivity index (χ3v) is 5.65. The number of ketones is 1. The molecule has 2 aliphatic rings. The number of methoxy groups -OCH3 is 2. The first-order chi connectivity index (χ1) is 15.7. The van der Waals surface area contributed by atoms with E-state index in [-0.39, 0.29) is 11.5 Å². The zero-order valence-corrected chi connectivity index (χ0v) is 18.0. The molecule has 0 saturated carbocycles. The lowest BCUT2D eigenvalue weighted by molar-refractivity contribution is 0.0873. The van der Waals surface area contributed by atoms with Crippen molar-refractivity contribution in [1.82, 2.24) is 4.90 Å². The summed E-state index contributed by atoms with van der Waals surface area (Å²) in [6.45, 7) is 1.87. The van der Waals surface area contributed by atoms with E-state index >= 15 is 0 Å². The number of rotatable bonds is 5. The van der Waals surface area contributed by atoms with Crippen molar-refractivity contribution in [1.29, 1.82) is 0 Å². The Labute approximate surface area is 186 Å². The molecule has 2 heterocycles. The summed E-state index contributed by atoms with van der Waals surface area (Å²) >= 11 is 0. The van der Waals surface area contributed by atoms with Crippen molar-refractivity contribution in [3.05, 3.63) is 88.7 Å². The van der Waals surface area contributed by atoms with Crippen LogP contribution in [0.4, 0.5) is 0 Å². The maximum atomic E-state index is 13.1. The molecule has 5 rings (SSSR count). The maximum Gasteiger partial charge on any atom is 0.231 e. The predicted octanol–water partition coefficient (Wildman–Crippen LogP) is 4.67. The van der Waals surface area contributed by atoms with Gasteiger partial charge in [-0.25, -0.2) is 0 Å². The smallest absolute Gasteiger partial charge is 0.231 e. The molecule has 0 fully saturated rings. The molecule has 0 atom stereocenters. The fraction of sp³-hybridized carbons (Fsp3) is 0.192. The van der Waals surface area contributed by atoms with Gasteiger partial charge in [0.25, 0.3) is 0 Å². The van der Waals surface area contributed by atoms with Crippen LogP contribution in [0.2, 0.25) is 0 Å². The molecule has 0 unspecified atom stereocenters. The Balaban J connectivity index is 1.45. The number of ether oxygens (including phenoxy) is 4. The third-order valence-electron chi connectivity index (χ3n) is 5.65. The molecule has 0 radical (unpaired) electrons. The van der Waals surface area contributed by atoms with Gasteiger partial charge in [0.05, 0.1) is 25.3 Å². The molecule has 0 spiro atoms. The number of carbonyl (C=O) groups is 1. The van der Waals surface area contributed by atoms with Gasteiger partial charge in [-0.15, -0.1) is 0 Å². The summed E-state index contributed by atoms with van der Waals surface area (Å²) < 4.78 is 22.9. The minimum absolute atomic E-state index is 0.159. The molecule has 0 bridgehead atoms. The van der Waals surface area contributed by atoms with Crippen LogP contribution in [0.15, 0.2) is 66.4 Å². The molecular formula is C26H23NO5. The molecule has 0 aromatic heterocycles. The van der Waals surface area contributed by atoms with Gasteiger partial charge < -0.3 is 18.9 Å². The highest BCUT2D eigenvalue weighted by Gasteiger charge is 2.34. The van der Waals surface area contributed by atoms with E-state index in [0.29, 0.717) is 41.7 Å².